The Hall–Kier alpha value is -0.840. The fraction of sp³-hybridized carbons (Fsp3) is 0.357. The van der Waals surface area contributed by atoms with Crippen molar-refractivity contribution < 1.29 is 9.21 Å². The van der Waals surface area contributed by atoms with Crippen LogP contribution in [0.5, 0.6) is 0 Å². The molecule has 0 unspecified atom stereocenters. The highest BCUT2D eigenvalue weighted by molar-refractivity contribution is 14.1. The average molecular weight is 340 g/mol. The van der Waals surface area contributed by atoms with E-state index in [0.29, 0.717) is 6.42 Å². The van der Waals surface area contributed by atoms with E-state index in [1.807, 2.05) is 18.2 Å². The van der Waals surface area contributed by atoms with Gasteiger partial charge in [0.15, 0.2) is 5.78 Å². The van der Waals surface area contributed by atoms with Gasteiger partial charge in [-0.3, -0.25) is 4.79 Å². The molecule has 1 aromatic heterocycles. The largest absolute Gasteiger partial charge is 0.459 e. The van der Waals surface area contributed by atoms with E-state index in [4.69, 9.17) is 4.42 Å². The van der Waals surface area contributed by atoms with E-state index in [2.05, 4.69) is 36.4 Å². The standard InChI is InChI=1S/C14H13IO2/c1-14(2)6-10(16)12-8-4-3-5-9(15)13(8)17-11(12)7-14/h3-5H,6-7H2,1-2H3. The first-order valence-electron chi connectivity index (χ1n) is 5.71. The molecule has 0 aliphatic heterocycles. The SMILES string of the molecule is CC1(C)CC(=O)c2c(oc3c(I)cccc23)C1. The van der Waals surface area contributed by atoms with Crippen LogP contribution in [0.1, 0.15) is 36.4 Å². The van der Waals surface area contributed by atoms with Crippen LogP contribution < -0.4 is 0 Å². The molecule has 2 aromatic rings. The first kappa shape index (κ1) is 11.3. The zero-order chi connectivity index (χ0) is 12.2. The van der Waals surface area contributed by atoms with Crippen molar-refractivity contribution in [2.45, 2.75) is 26.7 Å². The summed E-state index contributed by atoms with van der Waals surface area (Å²) in [5.74, 6) is 1.09. The second-order valence-corrected chi connectivity index (χ2v) is 6.62. The number of halogens is 1. The second kappa shape index (κ2) is 3.57. The molecule has 0 radical (unpaired) electrons. The van der Waals surface area contributed by atoms with Crippen LogP contribution in [0.15, 0.2) is 22.6 Å². The molecule has 1 heterocycles. The molecule has 1 aliphatic carbocycles. The summed E-state index contributed by atoms with van der Waals surface area (Å²) in [4.78, 5) is 12.2. The summed E-state index contributed by atoms with van der Waals surface area (Å²) in [6, 6.07) is 5.97. The number of hydrogen-bond donors (Lipinski definition) is 0. The van der Waals surface area contributed by atoms with Gasteiger partial charge in [0.2, 0.25) is 0 Å². The predicted molar refractivity (Wildman–Crippen MR) is 75.4 cm³/mol. The van der Waals surface area contributed by atoms with Gasteiger partial charge in [-0.05, 0) is 34.1 Å². The van der Waals surface area contributed by atoms with Gasteiger partial charge in [-0.2, -0.15) is 0 Å². The van der Waals surface area contributed by atoms with Crippen molar-refractivity contribution in [3.8, 4) is 0 Å². The number of rotatable bonds is 0. The Morgan fingerprint density at radius 3 is 2.82 bits per heavy atom. The van der Waals surface area contributed by atoms with E-state index < -0.39 is 0 Å². The molecule has 1 aliphatic rings. The van der Waals surface area contributed by atoms with Gasteiger partial charge in [0, 0.05) is 18.2 Å². The number of Topliss-reactive ketones (excluding diaryl/α,β-unsaturated/α-hetero) is 1. The number of furan rings is 1. The van der Waals surface area contributed by atoms with Gasteiger partial charge in [-0.15, -0.1) is 0 Å². The molecule has 88 valence electrons. The van der Waals surface area contributed by atoms with Gasteiger partial charge in [0.05, 0.1) is 9.13 Å². The third kappa shape index (κ3) is 1.71. The Bertz CT molecular complexity index is 622. The Morgan fingerprint density at radius 1 is 1.29 bits per heavy atom. The summed E-state index contributed by atoms with van der Waals surface area (Å²) in [5.41, 5.74) is 1.70. The third-order valence-electron chi connectivity index (χ3n) is 3.30. The van der Waals surface area contributed by atoms with Gasteiger partial charge >= 0.3 is 0 Å². The summed E-state index contributed by atoms with van der Waals surface area (Å²) in [7, 11) is 0. The lowest BCUT2D eigenvalue weighted by Gasteiger charge is -2.27. The first-order chi connectivity index (χ1) is 7.98. The average Bonchev–Trinajstić information content (AvgIpc) is 2.55. The Morgan fingerprint density at radius 2 is 2.06 bits per heavy atom. The van der Waals surface area contributed by atoms with Crippen LogP contribution in [-0.4, -0.2) is 5.78 Å². The molecule has 0 atom stereocenters. The predicted octanol–water partition coefficient (Wildman–Crippen LogP) is 4.19. The van der Waals surface area contributed by atoms with Crippen LogP contribution in [-0.2, 0) is 6.42 Å². The summed E-state index contributed by atoms with van der Waals surface area (Å²) in [6.07, 6.45) is 1.46. The van der Waals surface area contributed by atoms with Gasteiger partial charge in [-0.1, -0.05) is 26.0 Å². The highest BCUT2D eigenvalue weighted by Gasteiger charge is 2.35. The van der Waals surface area contributed by atoms with E-state index in [0.717, 1.165) is 32.3 Å². The molecule has 1 aromatic carbocycles. The van der Waals surface area contributed by atoms with Crippen molar-refractivity contribution in [2.75, 3.05) is 0 Å². The van der Waals surface area contributed by atoms with Crippen molar-refractivity contribution in [1.82, 2.24) is 0 Å². The van der Waals surface area contributed by atoms with Crippen LogP contribution in [0.2, 0.25) is 0 Å². The summed E-state index contributed by atoms with van der Waals surface area (Å²) in [6.45, 7) is 4.23. The van der Waals surface area contributed by atoms with Crippen LogP contribution >= 0.6 is 22.6 Å². The van der Waals surface area contributed by atoms with E-state index >= 15 is 0 Å². The summed E-state index contributed by atoms with van der Waals surface area (Å²) < 4.78 is 6.97. The molecule has 0 N–H and O–H groups in total. The lowest BCUT2D eigenvalue weighted by atomic mass is 9.76. The molecule has 0 saturated carbocycles. The number of para-hydroxylation sites is 1. The second-order valence-electron chi connectivity index (χ2n) is 5.46. The fourth-order valence-corrected chi connectivity index (χ4v) is 3.19. The van der Waals surface area contributed by atoms with Gasteiger partial charge < -0.3 is 4.42 Å². The first-order valence-corrected chi connectivity index (χ1v) is 6.79. The number of ketones is 1. The Labute approximate surface area is 114 Å². The summed E-state index contributed by atoms with van der Waals surface area (Å²) >= 11 is 2.25. The molecule has 2 nitrogen and oxygen atoms in total. The lowest BCUT2D eigenvalue weighted by Crippen LogP contribution is -2.25. The van der Waals surface area contributed by atoms with Crippen LogP contribution in [0.4, 0.5) is 0 Å². The van der Waals surface area contributed by atoms with Crippen LogP contribution in [0.3, 0.4) is 0 Å². The number of carbonyl (C=O) groups excluding carboxylic acids is 1. The number of benzene rings is 1. The molecule has 0 amide bonds. The highest BCUT2D eigenvalue weighted by Crippen LogP contribution is 2.40. The number of carbonyl (C=O) groups is 1. The lowest BCUT2D eigenvalue weighted by molar-refractivity contribution is 0.0906. The van der Waals surface area contributed by atoms with E-state index in [9.17, 15) is 4.79 Å². The molecule has 0 spiro atoms. The smallest absolute Gasteiger partial charge is 0.167 e. The molecular weight excluding hydrogens is 327 g/mol. The third-order valence-corrected chi connectivity index (χ3v) is 4.15. The number of fused-ring (bicyclic) bond motifs is 3. The quantitative estimate of drug-likeness (QED) is 0.673. The highest BCUT2D eigenvalue weighted by atomic mass is 127. The normalized spacial score (nSPS) is 18.4. The van der Waals surface area contributed by atoms with Crippen LogP contribution in [0, 0.1) is 8.99 Å². The Balaban J connectivity index is 2.32. The maximum absolute atomic E-state index is 12.2. The molecule has 17 heavy (non-hydrogen) atoms. The molecular formula is C14H13IO2. The minimum atomic E-state index is 0.0173. The van der Waals surface area contributed by atoms with E-state index in [1.54, 1.807) is 0 Å². The molecule has 0 saturated heterocycles. The maximum atomic E-state index is 12.2. The van der Waals surface area contributed by atoms with Gasteiger partial charge in [0.1, 0.15) is 11.3 Å². The van der Waals surface area contributed by atoms with Gasteiger partial charge in [-0.25, -0.2) is 0 Å². The van der Waals surface area contributed by atoms with Crippen molar-refractivity contribution in [1.29, 1.82) is 0 Å². The zero-order valence-electron chi connectivity index (χ0n) is 9.84. The fourth-order valence-electron chi connectivity index (χ4n) is 2.58. The van der Waals surface area contributed by atoms with E-state index in [1.165, 1.54) is 0 Å². The van der Waals surface area contributed by atoms with Crippen molar-refractivity contribution in [3.63, 3.8) is 0 Å². The number of hydrogen-bond acceptors (Lipinski definition) is 2. The van der Waals surface area contributed by atoms with Gasteiger partial charge in [0.25, 0.3) is 0 Å². The van der Waals surface area contributed by atoms with Crippen molar-refractivity contribution >= 4 is 39.3 Å². The zero-order valence-corrected chi connectivity index (χ0v) is 12.0. The maximum Gasteiger partial charge on any atom is 0.167 e. The molecule has 3 rings (SSSR count). The molecule has 0 bridgehead atoms. The Kier molecular flexibility index (Phi) is 2.37. The van der Waals surface area contributed by atoms with Crippen molar-refractivity contribution in [3.05, 3.63) is 33.1 Å². The topological polar surface area (TPSA) is 30.2 Å². The van der Waals surface area contributed by atoms with E-state index in [-0.39, 0.29) is 11.2 Å². The minimum Gasteiger partial charge on any atom is -0.459 e. The minimum absolute atomic E-state index is 0.0173. The molecule has 0 fully saturated rings. The van der Waals surface area contributed by atoms with Crippen molar-refractivity contribution in [2.24, 2.45) is 5.41 Å². The monoisotopic (exact) mass is 340 g/mol. The molecule has 3 heteroatoms. The van der Waals surface area contributed by atoms with Crippen LogP contribution in [0.25, 0.3) is 11.0 Å². The summed E-state index contributed by atoms with van der Waals surface area (Å²) in [5, 5.41) is 0.979.